The Kier molecular flexibility index (Phi) is 4.12. The molecule has 4 aromatic heterocycles. The van der Waals surface area contributed by atoms with Crippen LogP contribution >= 0.6 is 0 Å². The molecule has 140 valence electrons. The molecule has 1 saturated heterocycles. The molecular formula is C21H20N6O. The number of pyridine rings is 2. The van der Waals surface area contributed by atoms with Crippen LogP contribution in [-0.2, 0) is 0 Å². The van der Waals surface area contributed by atoms with Gasteiger partial charge in [-0.1, -0.05) is 0 Å². The molecule has 0 aromatic carbocycles. The smallest absolute Gasteiger partial charge is 0.257 e. The van der Waals surface area contributed by atoms with Crippen molar-refractivity contribution in [2.75, 3.05) is 13.1 Å². The zero-order valence-electron chi connectivity index (χ0n) is 15.3. The number of fused-ring (bicyclic) bond motifs is 1. The van der Waals surface area contributed by atoms with E-state index < -0.39 is 0 Å². The van der Waals surface area contributed by atoms with Gasteiger partial charge >= 0.3 is 0 Å². The average Bonchev–Trinajstić information content (AvgIpc) is 3.41. The predicted octanol–water partition coefficient (Wildman–Crippen LogP) is 3.37. The zero-order chi connectivity index (χ0) is 18.9. The largest absolute Gasteiger partial charge is 0.346 e. The lowest BCUT2D eigenvalue weighted by Crippen LogP contribution is -2.38. The molecule has 1 fully saturated rings. The summed E-state index contributed by atoms with van der Waals surface area (Å²) in [5, 5.41) is 8.24. The van der Waals surface area contributed by atoms with E-state index >= 15 is 0 Å². The van der Waals surface area contributed by atoms with Gasteiger partial charge in [0, 0.05) is 48.8 Å². The van der Waals surface area contributed by atoms with E-state index in [2.05, 4.69) is 37.4 Å². The number of hydrogen-bond acceptors (Lipinski definition) is 4. The maximum absolute atomic E-state index is 13.1. The number of piperidine rings is 1. The first kappa shape index (κ1) is 16.7. The van der Waals surface area contributed by atoms with Crippen molar-refractivity contribution in [3.63, 3.8) is 0 Å². The SMILES string of the molecule is O=C(c1cn[nH]c1-c1ccncc1)N1CCC(c2c[nH]c3ncccc23)CC1. The first-order valence-corrected chi connectivity index (χ1v) is 9.46. The highest BCUT2D eigenvalue weighted by Gasteiger charge is 2.28. The molecule has 5 rings (SSSR count). The first-order chi connectivity index (χ1) is 13.8. The molecule has 7 nitrogen and oxygen atoms in total. The molecule has 4 aromatic rings. The van der Waals surface area contributed by atoms with E-state index in [1.165, 1.54) is 10.9 Å². The highest BCUT2D eigenvalue weighted by Crippen LogP contribution is 2.33. The lowest BCUT2D eigenvalue weighted by molar-refractivity contribution is 0.0714. The van der Waals surface area contributed by atoms with Gasteiger partial charge in [0.1, 0.15) is 5.65 Å². The van der Waals surface area contributed by atoms with Gasteiger partial charge in [-0.05, 0) is 48.6 Å². The van der Waals surface area contributed by atoms with Crippen LogP contribution in [0.1, 0.15) is 34.7 Å². The summed E-state index contributed by atoms with van der Waals surface area (Å²) in [6.45, 7) is 1.47. The molecule has 1 aliphatic rings. The Labute approximate surface area is 161 Å². The number of rotatable bonds is 3. The van der Waals surface area contributed by atoms with Crippen molar-refractivity contribution in [1.82, 2.24) is 30.0 Å². The fraction of sp³-hybridized carbons (Fsp3) is 0.238. The molecule has 0 atom stereocenters. The number of nitrogens with one attached hydrogen (secondary N) is 2. The van der Waals surface area contributed by atoms with Gasteiger partial charge in [0.05, 0.1) is 17.5 Å². The molecule has 1 amide bonds. The highest BCUT2D eigenvalue weighted by molar-refractivity contribution is 5.99. The summed E-state index contributed by atoms with van der Waals surface area (Å²) >= 11 is 0. The van der Waals surface area contributed by atoms with E-state index in [0.717, 1.165) is 42.8 Å². The minimum Gasteiger partial charge on any atom is -0.346 e. The van der Waals surface area contributed by atoms with E-state index in [4.69, 9.17) is 0 Å². The van der Waals surface area contributed by atoms with Crippen LogP contribution in [0.15, 0.2) is 55.2 Å². The van der Waals surface area contributed by atoms with Crippen molar-refractivity contribution >= 4 is 16.9 Å². The van der Waals surface area contributed by atoms with Gasteiger partial charge < -0.3 is 9.88 Å². The second-order valence-corrected chi connectivity index (χ2v) is 7.10. The predicted molar refractivity (Wildman–Crippen MR) is 106 cm³/mol. The average molecular weight is 372 g/mol. The van der Waals surface area contributed by atoms with Crippen LogP contribution in [0.5, 0.6) is 0 Å². The third kappa shape index (κ3) is 2.85. The lowest BCUT2D eigenvalue weighted by Gasteiger charge is -2.32. The minimum atomic E-state index is 0.0274. The molecule has 0 unspecified atom stereocenters. The van der Waals surface area contributed by atoms with Crippen molar-refractivity contribution in [3.8, 4) is 11.3 Å². The minimum absolute atomic E-state index is 0.0274. The van der Waals surface area contributed by atoms with Gasteiger partial charge in [-0.15, -0.1) is 0 Å². The summed E-state index contributed by atoms with van der Waals surface area (Å²) in [4.78, 5) is 26.7. The fourth-order valence-electron chi connectivity index (χ4n) is 4.07. The molecule has 5 heterocycles. The van der Waals surface area contributed by atoms with E-state index in [9.17, 15) is 4.79 Å². The van der Waals surface area contributed by atoms with Crippen LogP contribution in [-0.4, -0.2) is 49.0 Å². The molecular weight excluding hydrogens is 352 g/mol. The Morgan fingerprint density at radius 3 is 2.75 bits per heavy atom. The number of aromatic nitrogens is 5. The van der Waals surface area contributed by atoms with Crippen molar-refractivity contribution in [1.29, 1.82) is 0 Å². The number of hydrogen-bond donors (Lipinski definition) is 2. The number of amides is 1. The molecule has 1 aliphatic heterocycles. The van der Waals surface area contributed by atoms with Crippen LogP contribution in [0.3, 0.4) is 0 Å². The molecule has 2 N–H and O–H groups in total. The summed E-state index contributed by atoms with van der Waals surface area (Å²) in [7, 11) is 0. The van der Waals surface area contributed by atoms with Crippen molar-refractivity contribution in [3.05, 3.63) is 66.4 Å². The monoisotopic (exact) mass is 372 g/mol. The Balaban J connectivity index is 1.33. The van der Waals surface area contributed by atoms with Gasteiger partial charge in [0.25, 0.3) is 5.91 Å². The number of nitrogens with zero attached hydrogens (tertiary/aromatic N) is 4. The Morgan fingerprint density at radius 1 is 1.11 bits per heavy atom. The van der Waals surface area contributed by atoms with Gasteiger partial charge in [0.2, 0.25) is 0 Å². The number of carbonyl (C=O) groups is 1. The van der Waals surface area contributed by atoms with Crippen molar-refractivity contribution in [2.45, 2.75) is 18.8 Å². The quantitative estimate of drug-likeness (QED) is 0.577. The zero-order valence-corrected chi connectivity index (χ0v) is 15.3. The second kappa shape index (κ2) is 6.92. The number of aromatic amines is 2. The van der Waals surface area contributed by atoms with Crippen LogP contribution in [0, 0.1) is 0 Å². The van der Waals surface area contributed by atoms with Gasteiger partial charge in [-0.2, -0.15) is 5.10 Å². The van der Waals surface area contributed by atoms with E-state index in [1.807, 2.05) is 23.1 Å². The summed E-state index contributed by atoms with van der Waals surface area (Å²) in [5.41, 5.74) is 4.50. The maximum Gasteiger partial charge on any atom is 0.257 e. The van der Waals surface area contributed by atoms with Crippen LogP contribution in [0.25, 0.3) is 22.3 Å². The number of likely N-dealkylation sites (tertiary alicyclic amines) is 1. The fourth-order valence-corrected chi connectivity index (χ4v) is 4.07. The van der Waals surface area contributed by atoms with Gasteiger partial charge in [0.15, 0.2) is 0 Å². The molecule has 7 heteroatoms. The molecule has 0 spiro atoms. The molecule has 0 saturated carbocycles. The van der Waals surface area contributed by atoms with Gasteiger partial charge in [-0.25, -0.2) is 4.98 Å². The summed E-state index contributed by atoms with van der Waals surface area (Å²) in [6.07, 6.45) is 10.8. The summed E-state index contributed by atoms with van der Waals surface area (Å²) < 4.78 is 0. The number of H-pyrrole nitrogens is 2. The van der Waals surface area contributed by atoms with Crippen LogP contribution in [0.2, 0.25) is 0 Å². The van der Waals surface area contributed by atoms with Crippen molar-refractivity contribution in [2.24, 2.45) is 0 Å². The van der Waals surface area contributed by atoms with E-state index in [1.54, 1.807) is 24.8 Å². The second-order valence-electron chi connectivity index (χ2n) is 7.10. The number of carbonyl (C=O) groups excluding carboxylic acids is 1. The van der Waals surface area contributed by atoms with E-state index in [0.29, 0.717) is 11.5 Å². The maximum atomic E-state index is 13.1. The first-order valence-electron chi connectivity index (χ1n) is 9.46. The topological polar surface area (TPSA) is 90.6 Å². The van der Waals surface area contributed by atoms with Crippen molar-refractivity contribution < 1.29 is 4.79 Å². The van der Waals surface area contributed by atoms with Crippen LogP contribution in [0.4, 0.5) is 0 Å². The molecule has 0 radical (unpaired) electrons. The third-order valence-electron chi connectivity index (χ3n) is 5.54. The summed E-state index contributed by atoms with van der Waals surface area (Å²) in [6, 6.07) is 7.83. The van der Waals surface area contributed by atoms with Gasteiger partial charge in [-0.3, -0.25) is 14.9 Å². The highest BCUT2D eigenvalue weighted by atomic mass is 16.2. The summed E-state index contributed by atoms with van der Waals surface area (Å²) in [5.74, 6) is 0.464. The molecule has 28 heavy (non-hydrogen) atoms. The third-order valence-corrected chi connectivity index (χ3v) is 5.54. The standard InChI is InChI=1S/C21H20N6O/c28-21(18-13-25-26-19(18)15-3-8-22-9-4-15)27-10-5-14(6-11-27)17-12-24-20-16(17)2-1-7-23-20/h1-4,7-9,12-14H,5-6,10-11H2,(H,23,24)(H,25,26). The Hall–Kier alpha value is -3.48. The molecule has 0 bridgehead atoms. The lowest BCUT2D eigenvalue weighted by atomic mass is 9.89. The Morgan fingerprint density at radius 2 is 1.93 bits per heavy atom. The van der Waals surface area contributed by atoms with E-state index in [-0.39, 0.29) is 5.91 Å². The molecule has 0 aliphatic carbocycles. The normalized spacial score (nSPS) is 15.2. The van der Waals surface area contributed by atoms with Crippen LogP contribution < -0.4 is 0 Å². The Bertz CT molecular complexity index is 1110.